The molecule has 2 N–H and O–H groups in total. The Labute approximate surface area is 133 Å². The molecule has 2 rings (SSSR count). The molecule has 7 heteroatoms. The van der Waals surface area contributed by atoms with Gasteiger partial charge >= 0.3 is 0 Å². The third kappa shape index (κ3) is 4.58. The topological polar surface area (TPSA) is 55.6 Å². The number of piperidine rings is 1. The second-order valence-corrected chi connectivity index (χ2v) is 6.35. The Morgan fingerprint density at radius 2 is 2.14 bits per heavy atom. The van der Waals surface area contributed by atoms with E-state index in [-0.39, 0.29) is 11.8 Å². The largest absolute Gasteiger partial charge is 0.496 e. The van der Waals surface area contributed by atoms with Gasteiger partial charge in [0.15, 0.2) is 0 Å². The first-order valence-electron chi connectivity index (χ1n) is 7.13. The normalized spacial score (nSPS) is 16.9. The molecule has 22 heavy (non-hydrogen) atoms. The van der Waals surface area contributed by atoms with E-state index in [0.717, 1.165) is 31.5 Å². The number of carbonyl (C=O) groups is 1. The van der Waals surface area contributed by atoms with Crippen LogP contribution < -0.4 is 10.5 Å². The van der Waals surface area contributed by atoms with Gasteiger partial charge in [-0.3, -0.25) is 9.69 Å². The molecule has 0 radical (unpaired) electrons. The Hall–Kier alpha value is -1.34. The Balaban J connectivity index is 1.97. The highest BCUT2D eigenvalue weighted by Crippen LogP contribution is 2.34. The Morgan fingerprint density at radius 1 is 1.45 bits per heavy atom. The van der Waals surface area contributed by atoms with E-state index < -0.39 is 5.76 Å². The molecular formula is C15H20F2N2O2S. The number of carbonyl (C=O) groups excluding carboxylic acids is 1. The molecule has 1 aromatic carbocycles. The highest BCUT2D eigenvalue weighted by molar-refractivity contribution is 7.99. The van der Waals surface area contributed by atoms with Crippen molar-refractivity contribution in [2.45, 2.75) is 30.0 Å². The fraction of sp³-hybridized carbons (Fsp3) is 0.533. The van der Waals surface area contributed by atoms with Crippen LogP contribution in [-0.4, -0.2) is 36.8 Å². The van der Waals surface area contributed by atoms with Gasteiger partial charge in [0.25, 0.3) is 5.76 Å². The second kappa shape index (κ2) is 7.78. The standard InChI is InChI=1S/C15H20F2N2O2S/c1-21-12-8-10(2-3-13(12)22-15(16)17)9-19-6-4-11(5-7-19)14(18)20/h2-3,8,11,15H,4-7,9H2,1H3,(H2,18,20). The van der Waals surface area contributed by atoms with Gasteiger partial charge in [0.1, 0.15) is 5.75 Å². The van der Waals surface area contributed by atoms with Gasteiger partial charge in [0, 0.05) is 12.5 Å². The number of ether oxygens (including phenoxy) is 1. The maximum absolute atomic E-state index is 12.5. The Morgan fingerprint density at radius 3 is 2.68 bits per heavy atom. The number of primary amides is 1. The lowest BCUT2D eigenvalue weighted by Gasteiger charge is -2.30. The molecule has 0 aliphatic carbocycles. The average Bonchev–Trinajstić information content (AvgIpc) is 2.49. The van der Waals surface area contributed by atoms with Crippen LogP contribution in [0.15, 0.2) is 23.1 Å². The number of rotatable bonds is 6. The summed E-state index contributed by atoms with van der Waals surface area (Å²) in [6.45, 7) is 2.33. The number of methoxy groups -OCH3 is 1. The van der Waals surface area contributed by atoms with Crippen LogP contribution >= 0.6 is 11.8 Å². The van der Waals surface area contributed by atoms with Crippen molar-refractivity contribution in [1.29, 1.82) is 0 Å². The molecule has 1 fully saturated rings. The first kappa shape index (κ1) is 17.0. The van der Waals surface area contributed by atoms with Crippen molar-refractivity contribution in [2.75, 3.05) is 20.2 Å². The van der Waals surface area contributed by atoms with Crippen molar-refractivity contribution in [3.8, 4) is 5.75 Å². The van der Waals surface area contributed by atoms with E-state index in [1.807, 2.05) is 6.07 Å². The zero-order valence-corrected chi connectivity index (χ0v) is 13.2. The van der Waals surface area contributed by atoms with Gasteiger partial charge in [-0.1, -0.05) is 17.8 Å². The van der Waals surface area contributed by atoms with Crippen LogP contribution in [0.4, 0.5) is 8.78 Å². The molecule has 4 nitrogen and oxygen atoms in total. The van der Waals surface area contributed by atoms with Gasteiger partial charge in [-0.05, 0) is 43.6 Å². The lowest BCUT2D eigenvalue weighted by molar-refractivity contribution is -0.123. The zero-order chi connectivity index (χ0) is 16.1. The molecule has 0 unspecified atom stereocenters. The summed E-state index contributed by atoms with van der Waals surface area (Å²) in [6.07, 6.45) is 1.54. The average molecular weight is 330 g/mol. The second-order valence-electron chi connectivity index (χ2n) is 5.32. The van der Waals surface area contributed by atoms with E-state index in [4.69, 9.17) is 10.5 Å². The number of nitrogens with two attached hydrogens (primary N) is 1. The number of nitrogens with zero attached hydrogens (tertiary/aromatic N) is 1. The quantitative estimate of drug-likeness (QED) is 0.815. The van der Waals surface area contributed by atoms with Gasteiger partial charge in [-0.25, -0.2) is 0 Å². The SMILES string of the molecule is COc1cc(CN2CCC(C(N)=O)CC2)ccc1SC(F)F. The number of alkyl halides is 2. The van der Waals surface area contributed by atoms with Crippen LogP contribution in [0.2, 0.25) is 0 Å². The molecular weight excluding hydrogens is 310 g/mol. The van der Waals surface area contributed by atoms with Gasteiger partial charge in [-0.2, -0.15) is 8.78 Å². The predicted octanol–water partition coefficient (Wildman–Crippen LogP) is 2.71. The van der Waals surface area contributed by atoms with E-state index in [0.29, 0.717) is 29.0 Å². The summed E-state index contributed by atoms with van der Waals surface area (Å²) in [5, 5.41) is 0. The third-order valence-corrected chi connectivity index (χ3v) is 4.61. The van der Waals surface area contributed by atoms with Crippen molar-refractivity contribution in [1.82, 2.24) is 4.90 Å². The first-order chi connectivity index (χ1) is 10.5. The Kier molecular flexibility index (Phi) is 6.02. The van der Waals surface area contributed by atoms with Crippen LogP contribution in [-0.2, 0) is 11.3 Å². The highest BCUT2D eigenvalue weighted by Gasteiger charge is 2.23. The summed E-state index contributed by atoms with van der Waals surface area (Å²) in [5.74, 6) is -2.26. The number of amides is 1. The molecule has 1 amide bonds. The predicted molar refractivity (Wildman–Crippen MR) is 82.1 cm³/mol. The van der Waals surface area contributed by atoms with Crippen LogP contribution in [0.3, 0.4) is 0 Å². The minimum atomic E-state index is -2.47. The molecule has 0 atom stereocenters. The van der Waals surface area contributed by atoms with E-state index in [9.17, 15) is 13.6 Å². The van der Waals surface area contributed by atoms with Gasteiger partial charge in [-0.15, -0.1) is 0 Å². The monoisotopic (exact) mass is 330 g/mol. The van der Waals surface area contributed by atoms with Gasteiger partial charge in [0.05, 0.1) is 12.0 Å². The lowest BCUT2D eigenvalue weighted by Crippen LogP contribution is -2.38. The van der Waals surface area contributed by atoms with Crippen LogP contribution in [0.1, 0.15) is 18.4 Å². The maximum atomic E-state index is 12.5. The van der Waals surface area contributed by atoms with Crippen molar-refractivity contribution in [3.63, 3.8) is 0 Å². The van der Waals surface area contributed by atoms with Gasteiger partial charge in [0.2, 0.25) is 5.91 Å². The van der Waals surface area contributed by atoms with Crippen LogP contribution in [0.25, 0.3) is 0 Å². The number of thioether (sulfide) groups is 1. The summed E-state index contributed by atoms with van der Waals surface area (Å²) >= 11 is 0.485. The van der Waals surface area contributed by atoms with E-state index in [2.05, 4.69) is 4.90 Å². The number of halogens is 2. The third-order valence-electron chi connectivity index (χ3n) is 3.84. The van der Waals surface area contributed by atoms with E-state index in [1.165, 1.54) is 7.11 Å². The summed E-state index contributed by atoms with van der Waals surface area (Å²) < 4.78 is 30.1. The molecule has 122 valence electrons. The maximum Gasteiger partial charge on any atom is 0.289 e. The fourth-order valence-corrected chi connectivity index (χ4v) is 3.23. The number of hydrogen-bond acceptors (Lipinski definition) is 4. The van der Waals surface area contributed by atoms with Crippen molar-refractivity contribution in [2.24, 2.45) is 11.7 Å². The summed E-state index contributed by atoms with van der Waals surface area (Å²) in [4.78, 5) is 13.8. The zero-order valence-electron chi connectivity index (χ0n) is 12.4. The molecule has 1 aliphatic heterocycles. The minimum Gasteiger partial charge on any atom is -0.496 e. The van der Waals surface area contributed by atoms with Crippen LogP contribution in [0.5, 0.6) is 5.75 Å². The summed E-state index contributed by atoms with van der Waals surface area (Å²) in [6, 6.07) is 5.31. The van der Waals surface area contributed by atoms with Crippen LogP contribution in [0, 0.1) is 5.92 Å². The molecule has 1 heterocycles. The van der Waals surface area contributed by atoms with Gasteiger partial charge < -0.3 is 10.5 Å². The van der Waals surface area contributed by atoms with Crippen molar-refractivity contribution in [3.05, 3.63) is 23.8 Å². The number of hydrogen-bond donors (Lipinski definition) is 1. The van der Waals surface area contributed by atoms with E-state index >= 15 is 0 Å². The number of likely N-dealkylation sites (tertiary alicyclic amines) is 1. The first-order valence-corrected chi connectivity index (χ1v) is 8.01. The molecule has 1 aromatic rings. The summed E-state index contributed by atoms with van der Waals surface area (Å²) in [7, 11) is 1.48. The minimum absolute atomic E-state index is 0.0318. The van der Waals surface area contributed by atoms with Crippen molar-refractivity contribution >= 4 is 17.7 Å². The smallest absolute Gasteiger partial charge is 0.289 e. The molecule has 0 spiro atoms. The molecule has 0 bridgehead atoms. The molecule has 1 aliphatic rings. The fourth-order valence-electron chi connectivity index (χ4n) is 2.64. The van der Waals surface area contributed by atoms with E-state index in [1.54, 1.807) is 12.1 Å². The Bertz CT molecular complexity index is 520. The lowest BCUT2D eigenvalue weighted by atomic mass is 9.96. The summed E-state index contributed by atoms with van der Waals surface area (Å²) in [5.41, 5.74) is 6.33. The van der Waals surface area contributed by atoms with Crippen molar-refractivity contribution < 1.29 is 18.3 Å². The number of benzene rings is 1. The molecule has 0 saturated carbocycles. The highest BCUT2D eigenvalue weighted by atomic mass is 32.2. The molecule has 0 aromatic heterocycles. The molecule has 1 saturated heterocycles.